The zero-order chi connectivity index (χ0) is 20.0. The van der Waals surface area contributed by atoms with Crippen LogP contribution < -0.4 is 9.64 Å². The van der Waals surface area contributed by atoms with Crippen LogP contribution in [0.2, 0.25) is 5.02 Å². The van der Waals surface area contributed by atoms with Gasteiger partial charge in [-0.25, -0.2) is 8.42 Å². The molecule has 0 fully saturated rings. The molecule has 0 saturated heterocycles. The van der Waals surface area contributed by atoms with Crippen LogP contribution in [0.4, 0.5) is 5.69 Å². The van der Waals surface area contributed by atoms with E-state index in [0.717, 1.165) is 11.8 Å². The highest BCUT2D eigenvalue weighted by molar-refractivity contribution is 7.90. The maximum absolute atomic E-state index is 12.6. The lowest BCUT2D eigenvalue weighted by atomic mass is 10.2. The molecule has 0 atom stereocenters. The van der Waals surface area contributed by atoms with Gasteiger partial charge >= 0.3 is 0 Å². The van der Waals surface area contributed by atoms with E-state index in [2.05, 4.69) is 0 Å². The Morgan fingerprint density at radius 2 is 2.00 bits per heavy atom. The van der Waals surface area contributed by atoms with Crippen LogP contribution in [0, 0.1) is 18.3 Å². The van der Waals surface area contributed by atoms with Gasteiger partial charge in [0.25, 0.3) is 5.91 Å². The standard InChI is InChI=1S/C19H19ClN2O4S/c1-14-11-15(7-8-18(14)20)22(10-4-9-21)19(23)13-26-16-5-3-6-17(12-16)27(2,24)25/h3,5-8,11-12H,4,10,13H2,1-2H3. The van der Waals surface area contributed by atoms with Crippen molar-refractivity contribution in [2.75, 3.05) is 24.3 Å². The number of rotatable bonds is 7. The van der Waals surface area contributed by atoms with Gasteiger partial charge in [-0.05, 0) is 48.9 Å². The van der Waals surface area contributed by atoms with Crippen LogP contribution in [0.25, 0.3) is 0 Å². The molecule has 27 heavy (non-hydrogen) atoms. The number of nitriles is 1. The van der Waals surface area contributed by atoms with Gasteiger partial charge in [-0.15, -0.1) is 0 Å². The zero-order valence-corrected chi connectivity index (χ0v) is 16.5. The van der Waals surface area contributed by atoms with Gasteiger partial charge < -0.3 is 9.64 Å². The average Bonchev–Trinajstić information content (AvgIpc) is 2.62. The fraction of sp³-hybridized carbons (Fsp3) is 0.263. The Morgan fingerprint density at radius 1 is 1.26 bits per heavy atom. The molecule has 1 amide bonds. The summed E-state index contributed by atoms with van der Waals surface area (Å²) in [5, 5.41) is 9.44. The smallest absolute Gasteiger partial charge is 0.264 e. The second-order valence-electron chi connectivity index (χ2n) is 5.92. The molecule has 8 heteroatoms. The molecule has 2 aromatic rings. The highest BCUT2D eigenvalue weighted by atomic mass is 35.5. The van der Waals surface area contributed by atoms with Crippen molar-refractivity contribution >= 4 is 33.0 Å². The maximum Gasteiger partial charge on any atom is 0.264 e. The van der Waals surface area contributed by atoms with Crippen LogP contribution in [0.15, 0.2) is 47.4 Å². The van der Waals surface area contributed by atoms with E-state index in [0.29, 0.717) is 10.7 Å². The Kier molecular flexibility index (Phi) is 6.83. The molecule has 2 rings (SSSR count). The van der Waals surface area contributed by atoms with E-state index in [-0.39, 0.29) is 36.1 Å². The van der Waals surface area contributed by atoms with Crippen molar-refractivity contribution in [2.24, 2.45) is 0 Å². The number of ether oxygens (including phenoxy) is 1. The quantitative estimate of drug-likeness (QED) is 0.703. The van der Waals surface area contributed by atoms with E-state index < -0.39 is 9.84 Å². The number of halogens is 1. The van der Waals surface area contributed by atoms with Gasteiger partial charge in [0.15, 0.2) is 16.4 Å². The van der Waals surface area contributed by atoms with E-state index in [1.807, 2.05) is 13.0 Å². The molecule has 0 aliphatic heterocycles. The highest BCUT2D eigenvalue weighted by Crippen LogP contribution is 2.23. The summed E-state index contributed by atoms with van der Waals surface area (Å²) in [5.74, 6) is -0.0736. The van der Waals surface area contributed by atoms with Gasteiger partial charge in [0.2, 0.25) is 0 Å². The molecule has 0 saturated carbocycles. The maximum atomic E-state index is 12.6. The van der Waals surface area contributed by atoms with Crippen LogP contribution in [0.3, 0.4) is 0 Å². The Morgan fingerprint density at radius 3 is 2.63 bits per heavy atom. The van der Waals surface area contributed by atoms with Crippen molar-refractivity contribution < 1.29 is 17.9 Å². The molecule has 0 spiro atoms. The number of nitrogens with zero attached hydrogens (tertiary/aromatic N) is 2. The van der Waals surface area contributed by atoms with Crippen molar-refractivity contribution in [1.82, 2.24) is 0 Å². The van der Waals surface area contributed by atoms with Crippen LogP contribution in [-0.2, 0) is 14.6 Å². The summed E-state index contributed by atoms with van der Waals surface area (Å²) >= 11 is 6.03. The van der Waals surface area contributed by atoms with Gasteiger partial charge in [-0.1, -0.05) is 17.7 Å². The van der Waals surface area contributed by atoms with E-state index >= 15 is 0 Å². The Hall–Kier alpha value is -2.56. The first-order valence-corrected chi connectivity index (χ1v) is 10.4. The molecule has 142 valence electrons. The third-order valence-electron chi connectivity index (χ3n) is 3.80. The first-order chi connectivity index (χ1) is 12.7. The number of sulfone groups is 1. The Balaban J connectivity index is 2.17. The van der Waals surface area contributed by atoms with Gasteiger partial charge in [0, 0.05) is 23.5 Å². The minimum Gasteiger partial charge on any atom is -0.484 e. The van der Waals surface area contributed by atoms with Gasteiger partial charge in [-0.3, -0.25) is 4.79 Å². The molecule has 2 aromatic carbocycles. The highest BCUT2D eigenvalue weighted by Gasteiger charge is 2.17. The number of aryl methyl sites for hydroxylation is 1. The fourth-order valence-corrected chi connectivity index (χ4v) is 3.15. The molecule has 0 N–H and O–H groups in total. The van der Waals surface area contributed by atoms with Gasteiger partial charge in [0.05, 0.1) is 17.4 Å². The number of amides is 1. The predicted octanol–water partition coefficient (Wildman–Crippen LogP) is 3.38. The van der Waals surface area contributed by atoms with Crippen LogP contribution in [0.1, 0.15) is 12.0 Å². The summed E-state index contributed by atoms with van der Waals surface area (Å²) < 4.78 is 28.7. The van der Waals surface area contributed by atoms with Gasteiger partial charge in [0.1, 0.15) is 5.75 Å². The minimum atomic E-state index is -3.37. The van der Waals surface area contributed by atoms with Crippen molar-refractivity contribution in [3.8, 4) is 11.8 Å². The summed E-state index contributed by atoms with van der Waals surface area (Å²) in [7, 11) is -3.37. The van der Waals surface area contributed by atoms with Crippen molar-refractivity contribution in [2.45, 2.75) is 18.2 Å². The molecule has 0 heterocycles. The largest absolute Gasteiger partial charge is 0.484 e. The van der Waals surface area contributed by atoms with E-state index in [1.165, 1.54) is 17.0 Å². The third-order valence-corrected chi connectivity index (χ3v) is 5.33. The summed E-state index contributed by atoms with van der Waals surface area (Å²) in [4.78, 5) is 14.2. The second-order valence-corrected chi connectivity index (χ2v) is 8.35. The molecule has 0 aliphatic carbocycles. The first-order valence-electron chi connectivity index (χ1n) is 8.09. The number of hydrogen-bond donors (Lipinski definition) is 0. The fourth-order valence-electron chi connectivity index (χ4n) is 2.37. The number of hydrogen-bond acceptors (Lipinski definition) is 5. The topological polar surface area (TPSA) is 87.5 Å². The molecule has 0 unspecified atom stereocenters. The zero-order valence-electron chi connectivity index (χ0n) is 15.0. The SMILES string of the molecule is Cc1cc(N(CCC#N)C(=O)COc2cccc(S(C)(=O)=O)c2)ccc1Cl. The average molecular weight is 407 g/mol. The van der Waals surface area contributed by atoms with Crippen LogP contribution in [-0.4, -0.2) is 33.7 Å². The monoisotopic (exact) mass is 406 g/mol. The molecular formula is C19H19ClN2O4S. The van der Waals surface area contributed by atoms with Crippen LogP contribution in [0.5, 0.6) is 5.75 Å². The molecule has 0 aromatic heterocycles. The Bertz CT molecular complexity index is 983. The van der Waals surface area contributed by atoms with Crippen molar-refractivity contribution in [3.63, 3.8) is 0 Å². The molecular weight excluding hydrogens is 388 g/mol. The normalized spacial score (nSPS) is 10.9. The number of carbonyl (C=O) groups excluding carboxylic acids is 1. The summed E-state index contributed by atoms with van der Waals surface area (Å²) in [6.45, 7) is 1.75. The minimum absolute atomic E-state index is 0.113. The molecule has 0 radical (unpaired) electrons. The molecule has 0 aliphatic rings. The lowest BCUT2D eigenvalue weighted by Crippen LogP contribution is -2.35. The predicted molar refractivity (Wildman–Crippen MR) is 104 cm³/mol. The summed E-state index contributed by atoms with van der Waals surface area (Å²) in [5.41, 5.74) is 1.43. The van der Waals surface area contributed by atoms with Crippen molar-refractivity contribution in [3.05, 3.63) is 53.1 Å². The van der Waals surface area contributed by atoms with Gasteiger partial charge in [-0.2, -0.15) is 5.26 Å². The molecule has 6 nitrogen and oxygen atoms in total. The Labute approximate surface area is 163 Å². The van der Waals surface area contributed by atoms with E-state index in [1.54, 1.807) is 30.3 Å². The summed E-state index contributed by atoms with van der Waals surface area (Å²) in [6, 6.07) is 13.1. The summed E-state index contributed by atoms with van der Waals surface area (Å²) in [6.07, 6.45) is 1.26. The van der Waals surface area contributed by atoms with Crippen molar-refractivity contribution in [1.29, 1.82) is 5.26 Å². The second kappa shape index (κ2) is 8.89. The lowest BCUT2D eigenvalue weighted by Gasteiger charge is -2.22. The number of anilines is 1. The lowest BCUT2D eigenvalue weighted by molar-refractivity contribution is -0.120. The van der Waals surface area contributed by atoms with Crippen LogP contribution >= 0.6 is 11.6 Å². The number of benzene rings is 2. The third kappa shape index (κ3) is 5.71. The first kappa shape index (κ1) is 20.7. The van der Waals surface area contributed by atoms with E-state index in [9.17, 15) is 13.2 Å². The van der Waals surface area contributed by atoms with E-state index in [4.69, 9.17) is 21.6 Å². The number of carbonyl (C=O) groups is 1. The molecule has 0 bridgehead atoms.